The zero-order valence-corrected chi connectivity index (χ0v) is 12.8. The summed E-state index contributed by atoms with van der Waals surface area (Å²) in [7, 11) is 0. The standard InChI is InChI=1S/C18H17N3O2/c1-2-6-15(22)14-11-19-17-16(14)18(21-12-20-17)23-10-9-13-7-4-3-5-8-13/h2-8,11-12H,9-10H2,1H3,(H,19,20,21). The van der Waals surface area contributed by atoms with Crippen LogP contribution in [0.4, 0.5) is 0 Å². The lowest BCUT2D eigenvalue weighted by molar-refractivity contribution is 0.104. The summed E-state index contributed by atoms with van der Waals surface area (Å²) in [6.07, 6.45) is 7.07. The number of carbonyl (C=O) groups excluding carboxylic acids is 1. The van der Waals surface area contributed by atoms with Crippen molar-refractivity contribution in [2.24, 2.45) is 0 Å². The number of H-pyrrole nitrogens is 1. The minimum atomic E-state index is -0.0959. The van der Waals surface area contributed by atoms with Crippen molar-refractivity contribution < 1.29 is 9.53 Å². The van der Waals surface area contributed by atoms with Crippen molar-refractivity contribution >= 4 is 16.8 Å². The van der Waals surface area contributed by atoms with Crippen LogP contribution in [0.5, 0.6) is 5.88 Å². The molecule has 0 radical (unpaired) electrons. The van der Waals surface area contributed by atoms with Crippen molar-refractivity contribution in [2.75, 3.05) is 6.61 Å². The van der Waals surface area contributed by atoms with Gasteiger partial charge in [-0.2, -0.15) is 0 Å². The highest BCUT2D eigenvalue weighted by Gasteiger charge is 2.16. The van der Waals surface area contributed by atoms with Gasteiger partial charge in [-0.1, -0.05) is 36.4 Å². The average molecular weight is 307 g/mol. The quantitative estimate of drug-likeness (QED) is 0.560. The maximum Gasteiger partial charge on any atom is 0.226 e. The van der Waals surface area contributed by atoms with E-state index >= 15 is 0 Å². The van der Waals surface area contributed by atoms with Gasteiger partial charge in [0.25, 0.3) is 0 Å². The molecule has 0 amide bonds. The molecule has 1 aromatic carbocycles. The van der Waals surface area contributed by atoms with Gasteiger partial charge in [-0.15, -0.1) is 0 Å². The van der Waals surface area contributed by atoms with Gasteiger partial charge in [-0.3, -0.25) is 4.79 Å². The van der Waals surface area contributed by atoms with Gasteiger partial charge in [0, 0.05) is 12.6 Å². The summed E-state index contributed by atoms with van der Waals surface area (Å²) in [5.41, 5.74) is 2.31. The summed E-state index contributed by atoms with van der Waals surface area (Å²) in [6, 6.07) is 10.1. The predicted molar refractivity (Wildman–Crippen MR) is 88.7 cm³/mol. The number of fused-ring (bicyclic) bond motifs is 1. The second kappa shape index (κ2) is 6.87. The smallest absolute Gasteiger partial charge is 0.226 e. The molecular formula is C18H17N3O2. The van der Waals surface area contributed by atoms with Crippen LogP contribution < -0.4 is 4.74 Å². The molecule has 0 aliphatic rings. The fourth-order valence-corrected chi connectivity index (χ4v) is 2.39. The third-order valence-corrected chi connectivity index (χ3v) is 3.49. The highest BCUT2D eigenvalue weighted by Crippen LogP contribution is 2.25. The number of allylic oxidation sites excluding steroid dienone is 2. The van der Waals surface area contributed by atoms with Crippen LogP contribution in [0.25, 0.3) is 11.0 Å². The minimum absolute atomic E-state index is 0.0959. The maximum atomic E-state index is 12.1. The molecular weight excluding hydrogens is 290 g/mol. The molecule has 3 rings (SSSR count). The van der Waals surface area contributed by atoms with Crippen LogP contribution in [-0.4, -0.2) is 27.3 Å². The number of benzene rings is 1. The number of ether oxygens (including phenoxy) is 1. The van der Waals surface area contributed by atoms with Crippen LogP contribution in [0.15, 0.2) is 55.0 Å². The maximum absolute atomic E-state index is 12.1. The Kier molecular flexibility index (Phi) is 4.47. The highest BCUT2D eigenvalue weighted by molar-refractivity contribution is 6.13. The lowest BCUT2D eigenvalue weighted by Crippen LogP contribution is -2.04. The largest absolute Gasteiger partial charge is 0.477 e. The van der Waals surface area contributed by atoms with E-state index in [0.29, 0.717) is 29.1 Å². The molecule has 2 heterocycles. The Morgan fingerprint density at radius 1 is 1.26 bits per heavy atom. The summed E-state index contributed by atoms with van der Waals surface area (Å²) in [4.78, 5) is 23.5. The molecule has 0 unspecified atom stereocenters. The summed E-state index contributed by atoms with van der Waals surface area (Å²) in [5.74, 6) is 0.335. The monoisotopic (exact) mass is 307 g/mol. The first-order valence-corrected chi connectivity index (χ1v) is 7.45. The molecule has 0 aliphatic carbocycles. The molecule has 1 N–H and O–H groups in total. The van der Waals surface area contributed by atoms with Crippen LogP contribution in [-0.2, 0) is 6.42 Å². The Hall–Kier alpha value is -2.95. The Labute approximate surface area is 134 Å². The lowest BCUT2D eigenvalue weighted by atomic mass is 10.1. The topological polar surface area (TPSA) is 67.9 Å². The molecule has 0 fully saturated rings. The number of nitrogens with zero attached hydrogens (tertiary/aromatic N) is 2. The van der Waals surface area contributed by atoms with E-state index in [4.69, 9.17) is 4.74 Å². The molecule has 116 valence electrons. The average Bonchev–Trinajstić information content (AvgIpc) is 3.01. The van der Waals surface area contributed by atoms with Gasteiger partial charge in [-0.25, -0.2) is 9.97 Å². The van der Waals surface area contributed by atoms with Crippen LogP contribution in [0, 0.1) is 0 Å². The molecule has 0 bridgehead atoms. The number of aromatic nitrogens is 3. The Morgan fingerprint density at radius 2 is 2.09 bits per heavy atom. The lowest BCUT2D eigenvalue weighted by Gasteiger charge is -2.07. The Bertz CT molecular complexity index is 838. The van der Waals surface area contributed by atoms with E-state index in [2.05, 4.69) is 27.1 Å². The fraction of sp³-hybridized carbons (Fsp3) is 0.167. The number of nitrogens with one attached hydrogen (secondary N) is 1. The van der Waals surface area contributed by atoms with Crippen LogP contribution in [0.3, 0.4) is 0 Å². The molecule has 23 heavy (non-hydrogen) atoms. The molecule has 5 nitrogen and oxygen atoms in total. The molecule has 0 spiro atoms. The van der Waals surface area contributed by atoms with Crippen molar-refractivity contribution in [1.82, 2.24) is 15.0 Å². The predicted octanol–water partition coefficient (Wildman–Crippen LogP) is 3.34. The van der Waals surface area contributed by atoms with Crippen molar-refractivity contribution in [1.29, 1.82) is 0 Å². The zero-order chi connectivity index (χ0) is 16.1. The van der Waals surface area contributed by atoms with Crippen LogP contribution in [0.1, 0.15) is 22.8 Å². The van der Waals surface area contributed by atoms with E-state index in [-0.39, 0.29) is 5.78 Å². The summed E-state index contributed by atoms with van der Waals surface area (Å²) >= 11 is 0. The summed E-state index contributed by atoms with van der Waals surface area (Å²) in [5, 5.41) is 0.628. The van der Waals surface area contributed by atoms with Crippen LogP contribution in [0.2, 0.25) is 0 Å². The van der Waals surface area contributed by atoms with Gasteiger partial charge in [-0.05, 0) is 18.6 Å². The van der Waals surface area contributed by atoms with Gasteiger partial charge in [0.2, 0.25) is 5.88 Å². The van der Waals surface area contributed by atoms with Gasteiger partial charge >= 0.3 is 0 Å². The summed E-state index contributed by atoms with van der Waals surface area (Å²) < 4.78 is 5.80. The number of hydrogen-bond acceptors (Lipinski definition) is 4. The van der Waals surface area contributed by atoms with E-state index in [1.807, 2.05) is 18.2 Å². The van der Waals surface area contributed by atoms with Crippen molar-refractivity contribution in [3.8, 4) is 5.88 Å². The normalized spacial score (nSPS) is 11.2. The van der Waals surface area contributed by atoms with Gasteiger partial charge in [0.05, 0.1) is 17.6 Å². The first kappa shape index (κ1) is 15.0. The van der Waals surface area contributed by atoms with Crippen LogP contribution >= 0.6 is 0 Å². The van der Waals surface area contributed by atoms with E-state index in [9.17, 15) is 4.79 Å². The number of hydrogen-bond donors (Lipinski definition) is 1. The molecule has 3 aromatic rings. The molecule has 0 saturated heterocycles. The van der Waals surface area contributed by atoms with Crippen molar-refractivity contribution in [3.05, 3.63) is 66.1 Å². The molecule has 0 aliphatic heterocycles. The molecule has 0 saturated carbocycles. The van der Waals surface area contributed by atoms with Gasteiger partial charge in [0.1, 0.15) is 12.0 Å². The number of rotatable bonds is 6. The molecule has 5 heteroatoms. The minimum Gasteiger partial charge on any atom is -0.477 e. The van der Waals surface area contributed by atoms with E-state index in [1.165, 1.54) is 18.0 Å². The third-order valence-electron chi connectivity index (χ3n) is 3.49. The molecule has 2 aromatic heterocycles. The van der Waals surface area contributed by atoms with Gasteiger partial charge < -0.3 is 9.72 Å². The zero-order valence-electron chi connectivity index (χ0n) is 12.8. The van der Waals surface area contributed by atoms with E-state index in [0.717, 1.165) is 6.42 Å². The van der Waals surface area contributed by atoms with Crippen molar-refractivity contribution in [2.45, 2.75) is 13.3 Å². The van der Waals surface area contributed by atoms with E-state index in [1.54, 1.807) is 19.2 Å². The fourth-order valence-electron chi connectivity index (χ4n) is 2.39. The number of aromatic amines is 1. The van der Waals surface area contributed by atoms with Gasteiger partial charge in [0.15, 0.2) is 5.78 Å². The second-order valence-electron chi connectivity index (χ2n) is 5.05. The Balaban J connectivity index is 1.82. The number of carbonyl (C=O) groups is 1. The summed E-state index contributed by atoms with van der Waals surface area (Å²) in [6.45, 7) is 2.29. The molecule has 0 atom stereocenters. The Morgan fingerprint density at radius 3 is 2.87 bits per heavy atom. The second-order valence-corrected chi connectivity index (χ2v) is 5.05. The third kappa shape index (κ3) is 3.29. The highest BCUT2D eigenvalue weighted by atomic mass is 16.5. The SMILES string of the molecule is CC=CC(=O)c1c[nH]c2ncnc(OCCc3ccccc3)c12. The van der Waals surface area contributed by atoms with E-state index < -0.39 is 0 Å². The van der Waals surface area contributed by atoms with Crippen molar-refractivity contribution in [3.63, 3.8) is 0 Å². The first-order valence-electron chi connectivity index (χ1n) is 7.45. The first-order chi connectivity index (χ1) is 11.3. The number of ketones is 1.